The molecule has 1 heterocycles. The van der Waals surface area contributed by atoms with Crippen LogP contribution in [0.1, 0.15) is 114 Å². The largest absolute Gasteiger partial charge is 0.491 e. The minimum atomic E-state index is -1.54. The Balaban J connectivity index is 1.91. The molecular weight excluding hydrogens is 985 g/mol. The van der Waals surface area contributed by atoms with Gasteiger partial charge in [-0.05, 0) is 137 Å². The summed E-state index contributed by atoms with van der Waals surface area (Å²) in [5.74, 6) is -3.15. The summed E-state index contributed by atoms with van der Waals surface area (Å²) in [6.07, 6.45) is -2.32. The number of aryl methyl sites for hydroxylation is 2. The highest BCUT2D eigenvalue weighted by atomic mass is 16.6. The Morgan fingerprint density at radius 1 is 0.684 bits per heavy atom. The van der Waals surface area contributed by atoms with Gasteiger partial charge in [-0.1, -0.05) is 29.8 Å². The van der Waals surface area contributed by atoms with Gasteiger partial charge in [-0.25, -0.2) is 19.9 Å². The van der Waals surface area contributed by atoms with Crippen LogP contribution >= 0.6 is 0 Å². The number of rotatable bonds is 17. The average molecular weight is 1060 g/mol. The third-order valence-electron chi connectivity index (χ3n) is 11.1. The molecule has 4 atom stereocenters. The first kappa shape index (κ1) is 60.9. The second-order valence-electron chi connectivity index (χ2n) is 21.2. The molecule has 1 aliphatic heterocycles. The van der Waals surface area contributed by atoms with Crippen molar-refractivity contribution in [2.75, 3.05) is 47.0 Å². The van der Waals surface area contributed by atoms with Gasteiger partial charge in [-0.3, -0.25) is 28.8 Å². The van der Waals surface area contributed by atoms with Crippen molar-refractivity contribution in [1.29, 1.82) is 0 Å². The molecule has 3 aromatic carbocycles. The van der Waals surface area contributed by atoms with Crippen molar-refractivity contribution in [2.45, 2.75) is 137 Å². The third-order valence-corrected chi connectivity index (χ3v) is 11.1. The van der Waals surface area contributed by atoms with E-state index in [2.05, 4.69) is 37.4 Å². The second kappa shape index (κ2) is 26.7. The van der Waals surface area contributed by atoms with Gasteiger partial charge in [0.05, 0.1) is 20.2 Å². The summed E-state index contributed by atoms with van der Waals surface area (Å²) in [6, 6.07) is 9.55. The Morgan fingerprint density at radius 3 is 1.74 bits per heavy atom. The zero-order valence-corrected chi connectivity index (χ0v) is 46.1. The van der Waals surface area contributed by atoms with E-state index in [1.807, 2.05) is 13.0 Å². The first-order valence-electron chi connectivity index (χ1n) is 25.0. The summed E-state index contributed by atoms with van der Waals surface area (Å²) in [7, 11) is 2.60. The van der Waals surface area contributed by atoms with Gasteiger partial charge in [0.25, 0.3) is 11.8 Å². The highest BCUT2D eigenvalue weighted by molar-refractivity contribution is 6.00. The molecule has 4 rings (SSSR count). The van der Waals surface area contributed by atoms with E-state index >= 15 is 4.79 Å². The molecule has 22 nitrogen and oxygen atoms in total. The molecule has 416 valence electrons. The number of amides is 8. The summed E-state index contributed by atoms with van der Waals surface area (Å²) in [5, 5.41) is 16.2. The zero-order chi connectivity index (χ0) is 56.7. The SMILES string of the molecule is CONC(=O)[C@@H]1Cc2ccc(OCCNC(=O)OC(C)(C)C)c(c2)-c2cc(ccc2OCCNC(=O)OC(C)(C)C)[C@H](N(C)C(=O)[C@H](CCNC(=O)OC(C)(C)C)NC(=O)c2ccc(C)cc2C)C(=O)N[C@@H](C)C(=O)N1. The molecule has 0 saturated carbocycles. The molecule has 22 heteroatoms. The monoisotopic (exact) mass is 1060 g/mol. The lowest BCUT2D eigenvalue weighted by atomic mass is 9.93. The molecule has 3 aromatic rings. The van der Waals surface area contributed by atoms with Crippen LogP contribution < -0.4 is 46.9 Å². The van der Waals surface area contributed by atoms with Crippen molar-refractivity contribution in [1.82, 2.24) is 42.3 Å². The quantitative estimate of drug-likeness (QED) is 0.0519. The fourth-order valence-electron chi connectivity index (χ4n) is 7.74. The van der Waals surface area contributed by atoms with Crippen molar-refractivity contribution in [3.63, 3.8) is 0 Å². The number of carbonyl (C=O) groups is 8. The Labute approximate surface area is 444 Å². The summed E-state index contributed by atoms with van der Waals surface area (Å²) < 4.78 is 28.8. The minimum absolute atomic E-state index is 0.00396. The Bertz CT molecular complexity index is 2580. The first-order valence-corrected chi connectivity index (χ1v) is 25.0. The van der Waals surface area contributed by atoms with Crippen LogP contribution in [0.15, 0.2) is 54.6 Å². The number of fused-ring (bicyclic) bond motifs is 5. The maximum atomic E-state index is 15.1. The van der Waals surface area contributed by atoms with Crippen LogP contribution in [-0.4, -0.2) is 135 Å². The molecule has 76 heavy (non-hydrogen) atoms. The smallest absolute Gasteiger partial charge is 0.407 e. The average Bonchev–Trinajstić information content (AvgIpc) is 3.29. The summed E-state index contributed by atoms with van der Waals surface area (Å²) in [5.41, 5.74) is 3.17. The second-order valence-corrected chi connectivity index (χ2v) is 21.2. The van der Waals surface area contributed by atoms with E-state index in [4.69, 9.17) is 28.5 Å². The summed E-state index contributed by atoms with van der Waals surface area (Å²) in [6.45, 7) is 20.3. The molecule has 1 aliphatic rings. The van der Waals surface area contributed by atoms with Gasteiger partial charge in [0.2, 0.25) is 17.7 Å². The molecule has 0 spiro atoms. The number of carbonyl (C=O) groups excluding carboxylic acids is 8. The zero-order valence-electron chi connectivity index (χ0n) is 46.1. The number of likely N-dealkylation sites (N-methyl/N-ethyl adjacent to an activating group) is 1. The Kier molecular flexibility index (Phi) is 21.4. The van der Waals surface area contributed by atoms with Gasteiger partial charge in [0.1, 0.15) is 65.7 Å². The van der Waals surface area contributed by atoms with Crippen molar-refractivity contribution >= 4 is 47.8 Å². The fourth-order valence-corrected chi connectivity index (χ4v) is 7.74. The van der Waals surface area contributed by atoms with Crippen LogP contribution in [0.25, 0.3) is 11.1 Å². The van der Waals surface area contributed by atoms with Crippen LogP contribution in [0.3, 0.4) is 0 Å². The van der Waals surface area contributed by atoms with Gasteiger partial charge >= 0.3 is 18.3 Å². The number of hydroxylamine groups is 1. The molecule has 7 N–H and O–H groups in total. The van der Waals surface area contributed by atoms with Crippen molar-refractivity contribution in [3.8, 4) is 22.6 Å². The lowest BCUT2D eigenvalue weighted by Crippen LogP contribution is -2.56. The van der Waals surface area contributed by atoms with E-state index in [1.165, 1.54) is 21.1 Å². The lowest BCUT2D eigenvalue weighted by Gasteiger charge is -2.33. The number of benzene rings is 3. The maximum Gasteiger partial charge on any atom is 0.407 e. The third kappa shape index (κ3) is 19.3. The van der Waals surface area contributed by atoms with Crippen LogP contribution in [0.5, 0.6) is 11.5 Å². The highest BCUT2D eigenvalue weighted by Crippen LogP contribution is 2.40. The number of nitrogens with zero attached hydrogens (tertiary/aromatic N) is 1. The van der Waals surface area contributed by atoms with Gasteiger partial charge in [-0.2, -0.15) is 0 Å². The molecule has 8 amide bonds. The summed E-state index contributed by atoms with van der Waals surface area (Å²) >= 11 is 0. The van der Waals surface area contributed by atoms with E-state index in [1.54, 1.807) is 118 Å². The topological polar surface area (TPSA) is 279 Å². The predicted octanol–water partition coefficient (Wildman–Crippen LogP) is 5.21. The number of hydrogen-bond acceptors (Lipinski definition) is 14. The molecule has 4 bridgehead atoms. The molecular formula is C54H76N8O14. The predicted molar refractivity (Wildman–Crippen MR) is 281 cm³/mol. The van der Waals surface area contributed by atoms with E-state index in [9.17, 15) is 33.6 Å². The molecule has 0 saturated heterocycles. The Hall–Kier alpha value is -7.62. The highest BCUT2D eigenvalue weighted by Gasteiger charge is 2.37. The van der Waals surface area contributed by atoms with Gasteiger partial charge in [-0.15, -0.1) is 0 Å². The van der Waals surface area contributed by atoms with E-state index in [0.29, 0.717) is 27.8 Å². The molecule has 0 radical (unpaired) electrons. The van der Waals surface area contributed by atoms with Gasteiger partial charge < -0.3 is 60.5 Å². The number of alkyl carbamates (subject to hydrolysis) is 3. The molecule has 0 aliphatic carbocycles. The summed E-state index contributed by atoms with van der Waals surface area (Å²) in [4.78, 5) is 115. The molecule has 0 fully saturated rings. The van der Waals surface area contributed by atoms with Crippen LogP contribution in [0, 0.1) is 13.8 Å². The number of ether oxygens (including phenoxy) is 5. The van der Waals surface area contributed by atoms with Crippen molar-refractivity contribution in [2.24, 2.45) is 0 Å². The van der Waals surface area contributed by atoms with Crippen LogP contribution in [0.4, 0.5) is 14.4 Å². The number of nitrogens with one attached hydrogen (secondary N) is 7. The van der Waals surface area contributed by atoms with Crippen LogP contribution in [-0.2, 0) is 44.6 Å². The molecule has 0 unspecified atom stereocenters. The molecule has 0 aromatic heterocycles. The lowest BCUT2D eigenvalue weighted by molar-refractivity contribution is -0.142. The van der Waals surface area contributed by atoms with E-state index < -0.39 is 88.8 Å². The van der Waals surface area contributed by atoms with Crippen LogP contribution in [0.2, 0.25) is 0 Å². The standard InChI is InChI=1S/C54H76N8O14/c1-31-15-18-36(32(2)27-31)45(64)59-39(21-22-55-49(68)74-52(4,5)6)48(67)62(13)43-35-17-20-42(73-26-24-57-51(70)76-54(10,11)12)38(30-35)37-28-34(16-19-41(37)72-25-23-56-50(69)75-53(7,8)9)29-40(46(65)61-71-14)60-44(63)33(3)58-47(43)66/h15-20,27-28,30,33,39-40,43H,21-26,29H2,1-14H3,(H,55,68)(H,56,69)(H,57,70)(H,58,66)(H,59,64)(H,60,63)(H,61,65)/t33-,39-,40-,43-/m0/s1. The van der Waals surface area contributed by atoms with E-state index in [-0.39, 0.29) is 62.8 Å². The Morgan fingerprint density at radius 2 is 1.21 bits per heavy atom. The van der Waals surface area contributed by atoms with Crippen molar-refractivity contribution < 1.29 is 66.9 Å². The minimum Gasteiger partial charge on any atom is -0.491 e. The van der Waals surface area contributed by atoms with E-state index in [0.717, 1.165) is 10.5 Å². The van der Waals surface area contributed by atoms with Crippen molar-refractivity contribution in [3.05, 3.63) is 82.4 Å². The normalized spacial score (nSPS) is 16.2. The van der Waals surface area contributed by atoms with Gasteiger partial charge in [0.15, 0.2) is 0 Å². The maximum absolute atomic E-state index is 15.1. The fraction of sp³-hybridized carbons (Fsp3) is 0.519. The number of hydrogen-bond donors (Lipinski definition) is 7. The first-order chi connectivity index (χ1) is 35.4. The van der Waals surface area contributed by atoms with Gasteiger partial charge in [0, 0.05) is 36.7 Å².